The summed E-state index contributed by atoms with van der Waals surface area (Å²) >= 11 is 0. The van der Waals surface area contributed by atoms with Crippen molar-refractivity contribution in [1.29, 1.82) is 0 Å². The Morgan fingerprint density at radius 2 is 1.71 bits per heavy atom. The van der Waals surface area contributed by atoms with E-state index in [1.54, 1.807) is 14.0 Å². The topological polar surface area (TPSA) is 61.8 Å². The van der Waals surface area contributed by atoms with Crippen LogP contribution in [-0.2, 0) is 23.8 Å². The van der Waals surface area contributed by atoms with Crippen molar-refractivity contribution in [3.05, 3.63) is 0 Å². The molecule has 0 saturated heterocycles. The predicted molar refractivity (Wildman–Crippen MR) is 62.5 cm³/mol. The van der Waals surface area contributed by atoms with Crippen molar-refractivity contribution in [2.45, 2.75) is 33.1 Å². The number of rotatable bonds is 9. The summed E-state index contributed by atoms with van der Waals surface area (Å²) in [5.74, 6) is -0.458. The fourth-order valence-corrected chi connectivity index (χ4v) is 1.15. The van der Waals surface area contributed by atoms with Crippen molar-refractivity contribution >= 4 is 11.9 Å². The second-order valence-corrected chi connectivity index (χ2v) is 3.87. The van der Waals surface area contributed by atoms with Gasteiger partial charge in [-0.25, -0.2) is 0 Å². The van der Waals surface area contributed by atoms with E-state index in [0.29, 0.717) is 19.8 Å². The minimum absolute atomic E-state index is 0.0792. The lowest BCUT2D eigenvalue weighted by atomic mass is 10.1. The van der Waals surface area contributed by atoms with Crippen molar-refractivity contribution in [2.24, 2.45) is 5.92 Å². The summed E-state index contributed by atoms with van der Waals surface area (Å²) < 4.78 is 14.7. The number of hydrogen-bond donors (Lipinski definition) is 0. The maximum Gasteiger partial charge on any atom is 0.306 e. The van der Waals surface area contributed by atoms with Crippen LogP contribution in [0, 0.1) is 5.92 Å². The van der Waals surface area contributed by atoms with Crippen LogP contribution in [-0.4, -0.2) is 38.9 Å². The van der Waals surface area contributed by atoms with Crippen LogP contribution in [0.5, 0.6) is 0 Å². The van der Waals surface area contributed by atoms with Crippen LogP contribution in [0.2, 0.25) is 0 Å². The van der Waals surface area contributed by atoms with Crippen LogP contribution in [0.3, 0.4) is 0 Å². The van der Waals surface area contributed by atoms with E-state index in [-0.39, 0.29) is 30.7 Å². The van der Waals surface area contributed by atoms with Gasteiger partial charge >= 0.3 is 11.9 Å². The zero-order valence-corrected chi connectivity index (χ0v) is 10.9. The third-order valence-corrected chi connectivity index (χ3v) is 2.18. The molecule has 0 spiro atoms. The molecule has 0 amide bonds. The highest BCUT2D eigenvalue weighted by molar-refractivity contribution is 5.77. The van der Waals surface area contributed by atoms with Crippen LogP contribution in [0.1, 0.15) is 33.1 Å². The zero-order chi connectivity index (χ0) is 13.1. The highest BCUT2D eigenvalue weighted by Crippen LogP contribution is 2.04. The smallest absolute Gasteiger partial charge is 0.306 e. The number of methoxy groups -OCH3 is 1. The Balaban J connectivity index is 3.55. The molecular weight excluding hydrogens is 224 g/mol. The summed E-state index contributed by atoms with van der Waals surface area (Å²) in [5.41, 5.74) is 0. The second-order valence-electron chi connectivity index (χ2n) is 3.87. The Hall–Kier alpha value is -1.10. The van der Waals surface area contributed by atoms with Gasteiger partial charge in [0.05, 0.1) is 26.1 Å². The van der Waals surface area contributed by atoms with Crippen LogP contribution in [0.15, 0.2) is 0 Å². The standard InChI is InChI=1S/C12H22O5/c1-4-16-11(13)5-6-12(14)17-9-10(2)7-8-15-3/h10H,4-9H2,1-3H3. The van der Waals surface area contributed by atoms with Gasteiger partial charge in [0.15, 0.2) is 0 Å². The number of esters is 2. The van der Waals surface area contributed by atoms with Gasteiger partial charge in [0.25, 0.3) is 0 Å². The van der Waals surface area contributed by atoms with E-state index in [1.807, 2.05) is 6.92 Å². The predicted octanol–water partition coefficient (Wildman–Crippen LogP) is 1.55. The van der Waals surface area contributed by atoms with Crippen LogP contribution in [0.25, 0.3) is 0 Å². The molecule has 1 atom stereocenters. The van der Waals surface area contributed by atoms with E-state index in [2.05, 4.69) is 0 Å². The molecule has 0 N–H and O–H groups in total. The minimum atomic E-state index is -0.364. The molecule has 5 heteroatoms. The summed E-state index contributed by atoms with van der Waals surface area (Å²) in [5, 5.41) is 0. The molecule has 0 aromatic rings. The number of carbonyl (C=O) groups excluding carboxylic acids is 2. The molecule has 17 heavy (non-hydrogen) atoms. The van der Waals surface area contributed by atoms with Crippen molar-refractivity contribution in [3.63, 3.8) is 0 Å². The van der Waals surface area contributed by atoms with Crippen LogP contribution < -0.4 is 0 Å². The highest BCUT2D eigenvalue weighted by Gasteiger charge is 2.10. The van der Waals surface area contributed by atoms with Crippen molar-refractivity contribution in [2.75, 3.05) is 26.9 Å². The molecule has 0 aliphatic heterocycles. The Labute approximate surface area is 102 Å². The van der Waals surface area contributed by atoms with Gasteiger partial charge in [0.2, 0.25) is 0 Å². The fraction of sp³-hybridized carbons (Fsp3) is 0.833. The summed E-state index contributed by atoms with van der Waals surface area (Å²) in [7, 11) is 1.64. The maximum atomic E-state index is 11.3. The average molecular weight is 246 g/mol. The van der Waals surface area contributed by atoms with Gasteiger partial charge in [-0.1, -0.05) is 6.92 Å². The summed E-state index contributed by atoms with van der Waals surface area (Å²) in [6.45, 7) is 5.07. The lowest BCUT2D eigenvalue weighted by Crippen LogP contribution is -2.15. The fourth-order valence-electron chi connectivity index (χ4n) is 1.15. The molecule has 0 rings (SSSR count). The van der Waals surface area contributed by atoms with E-state index in [4.69, 9.17) is 14.2 Å². The third kappa shape index (κ3) is 9.81. The first-order chi connectivity index (χ1) is 8.10. The van der Waals surface area contributed by atoms with Crippen molar-refractivity contribution in [1.82, 2.24) is 0 Å². The van der Waals surface area contributed by atoms with Gasteiger partial charge < -0.3 is 14.2 Å². The maximum absolute atomic E-state index is 11.3. The number of carbonyl (C=O) groups is 2. The number of ether oxygens (including phenoxy) is 3. The molecule has 0 aliphatic carbocycles. The van der Waals surface area contributed by atoms with E-state index >= 15 is 0 Å². The molecule has 100 valence electrons. The first-order valence-electron chi connectivity index (χ1n) is 5.90. The van der Waals surface area contributed by atoms with E-state index < -0.39 is 0 Å². The van der Waals surface area contributed by atoms with Gasteiger partial charge in [-0.2, -0.15) is 0 Å². The van der Waals surface area contributed by atoms with Gasteiger partial charge in [-0.15, -0.1) is 0 Å². The van der Waals surface area contributed by atoms with Gasteiger partial charge in [-0.05, 0) is 19.3 Å². The normalized spacial score (nSPS) is 11.9. The molecule has 0 heterocycles. The average Bonchev–Trinajstić information content (AvgIpc) is 2.31. The molecule has 5 nitrogen and oxygen atoms in total. The second kappa shape index (κ2) is 10.1. The first kappa shape index (κ1) is 15.9. The molecule has 0 aromatic carbocycles. The SMILES string of the molecule is CCOC(=O)CCC(=O)OCC(C)CCOC. The van der Waals surface area contributed by atoms with Gasteiger partial charge in [0.1, 0.15) is 0 Å². The molecule has 0 radical (unpaired) electrons. The minimum Gasteiger partial charge on any atom is -0.466 e. The summed E-state index contributed by atoms with van der Waals surface area (Å²) in [4.78, 5) is 22.2. The highest BCUT2D eigenvalue weighted by atomic mass is 16.5. The van der Waals surface area contributed by atoms with Gasteiger partial charge in [0, 0.05) is 13.7 Å². The third-order valence-electron chi connectivity index (χ3n) is 2.18. The van der Waals surface area contributed by atoms with Crippen LogP contribution >= 0.6 is 0 Å². The molecule has 1 unspecified atom stereocenters. The molecule has 0 bridgehead atoms. The summed E-state index contributed by atoms with van der Waals surface area (Å²) in [6, 6.07) is 0. The van der Waals surface area contributed by atoms with Gasteiger partial charge in [-0.3, -0.25) is 9.59 Å². The molecule has 0 aliphatic rings. The molecule has 0 aromatic heterocycles. The Morgan fingerprint density at radius 3 is 2.24 bits per heavy atom. The van der Waals surface area contributed by atoms with Crippen molar-refractivity contribution in [3.8, 4) is 0 Å². The van der Waals surface area contributed by atoms with Crippen LogP contribution in [0.4, 0.5) is 0 Å². The Kier molecular flexibility index (Phi) is 9.43. The van der Waals surface area contributed by atoms with E-state index in [0.717, 1.165) is 6.42 Å². The number of hydrogen-bond acceptors (Lipinski definition) is 5. The Morgan fingerprint density at radius 1 is 1.12 bits per heavy atom. The lowest BCUT2D eigenvalue weighted by molar-refractivity contribution is -0.150. The molecular formula is C12H22O5. The molecule has 0 fully saturated rings. The summed E-state index contributed by atoms with van der Waals surface area (Å²) in [6.07, 6.45) is 1.01. The zero-order valence-electron chi connectivity index (χ0n) is 10.9. The van der Waals surface area contributed by atoms with E-state index in [1.165, 1.54) is 0 Å². The quantitative estimate of drug-likeness (QED) is 0.577. The monoisotopic (exact) mass is 246 g/mol. The van der Waals surface area contributed by atoms with E-state index in [9.17, 15) is 9.59 Å². The van der Waals surface area contributed by atoms with Crippen molar-refractivity contribution < 1.29 is 23.8 Å². The first-order valence-corrected chi connectivity index (χ1v) is 5.90. The largest absolute Gasteiger partial charge is 0.466 e. The molecule has 0 saturated carbocycles. The Bertz CT molecular complexity index is 227. The lowest BCUT2D eigenvalue weighted by Gasteiger charge is -2.11.